The molecule has 170 valence electrons. The SMILES string of the molecule is N#Cc1ccc(C2=NC3(CCCC3)N(CC(=O)Nc3cc(F)cc(C(F)(F)F)c3)C2=O)cc1. The number of carbonyl (C=O) groups excluding carboxylic acids is 2. The first kappa shape index (κ1) is 22.5. The minimum Gasteiger partial charge on any atom is -0.324 e. The zero-order valence-corrected chi connectivity index (χ0v) is 17.2. The number of halogens is 4. The second-order valence-electron chi connectivity index (χ2n) is 8.00. The second-order valence-corrected chi connectivity index (χ2v) is 8.00. The first-order valence-corrected chi connectivity index (χ1v) is 10.2. The summed E-state index contributed by atoms with van der Waals surface area (Å²) in [7, 11) is 0. The monoisotopic (exact) mass is 458 g/mol. The largest absolute Gasteiger partial charge is 0.416 e. The summed E-state index contributed by atoms with van der Waals surface area (Å²) in [6, 6.07) is 10.1. The number of benzene rings is 2. The number of nitrogens with one attached hydrogen (secondary N) is 1. The third-order valence-corrected chi connectivity index (χ3v) is 5.77. The van der Waals surface area contributed by atoms with Gasteiger partial charge in [-0.2, -0.15) is 18.4 Å². The number of anilines is 1. The Morgan fingerprint density at radius 1 is 1.15 bits per heavy atom. The number of hydrogen-bond acceptors (Lipinski definition) is 4. The van der Waals surface area contributed by atoms with Gasteiger partial charge in [0, 0.05) is 11.3 Å². The van der Waals surface area contributed by atoms with Gasteiger partial charge in [-0.05, 0) is 56.0 Å². The van der Waals surface area contributed by atoms with Crippen molar-refractivity contribution >= 4 is 23.2 Å². The average Bonchev–Trinajstić information content (AvgIpc) is 3.33. The molecule has 1 saturated carbocycles. The topological polar surface area (TPSA) is 85.6 Å². The van der Waals surface area contributed by atoms with Gasteiger partial charge in [0.25, 0.3) is 5.91 Å². The Kier molecular flexibility index (Phi) is 5.66. The summed E-state index contributed by atoms with van der Waals surface area (Å²) in [4.78, 5) is 31.8. The summed E-state index contributed by atoms with van der Waals surface area (Å²) in [5, 5.41) is 11.2. The molecule has 0 aromatic heterocycles. The van der Waals surface area contributed by atoms with Gasteiger partial charge in [-0.15, -0.1) is 0 Å². The van der Waals surface area contributed by atoms with Crippen molar-refractivity contribution in [2.24, 2.45) is 4.99 Å². The molecule has 0 bridgehead atoms. The Bertz CT molecular complexity index is 1180. The van der Waals surface area contributed by atoms with Crippen molar-refractivity contribution in [3.05, 3.63) is 65.0 Å². The highest BCUT2D eigenvalue weighted by Crippen LogP contribution is 2.41. The van der Waals surface area contributed by atoms with Crippen molar-refractivity contribution in [1.29, 1.82) is 5.26 Å². The normalized spacial score (nSPS) is 17.2. The van der Waals surface area contributed by atoms with Crippen LogP contribution in [0, 0.1) is 17.1 Å². The molecular weight excluding hydrogens is 440 g/mol. The van der Waals surface area contributed by atoms with E-state index in [1.165, 1.54) is 4.90 Å². The third-order valence-electron chi connectivity index (χ3n) is 5.77. The number of amides is 2. The van der Waals surface area contributed by atoms with Crippen molar-refractivity contribution in [3.63, 3.8) is 0 Å². The van der Waals surface area contributed by atoms with Crippen LogP contribution in [0.15, 0.2) is 47.5 Å². The third kappa shape index (κ3) is 4.44. The summed E-state index contributed by atoms with van der Waals surface area (Å²) in [6.07, 6.45) is -2.08. The molecule has 10 heteroatoms. The minimum atomic E-state index is -4.77. The number of rotatable bonds is 4. The standard InChI is InChI=1S/C23H18F4N4O2/c24-17-9-16(23(25,26)27)10-18(11-17)29-19(32)13-31-21(33)20(30-22(31)7-1-2-8-22)15-5-3-14(12-28)4-6-15/h3-6,9-11H,1-2,7-8,13H2,(H,29,32). The first-order chi connectivity index (χ1) is 15.6. The molecule has 1 heterocycles. The molecule has 1 N–H and O–H groups in total. The van der Waals surface area contributed by atoms with Crippen molar-refractivity contribution in [1.82, 2.24) is 4.90 Å². The van der Waals surface area contributed by atoms with Crippen molar-refractivity contribution < 1.29 is 27.2 Å². The van der Waals surface area contributed by atoms with Crippen LogP contribution >= 0.6 is 0 Å². The molecule has 0 radical (unpaired) electrons. The maximum atomic E-state index is 13.7. The lowest BCUT2D eigenvalue weighted by Crippen LogP contribution is -2.48. The molecule has 33 heavy (non-hydrogen) atoms. The van der Waals surface area contributed by atoms with Crippen LogP contribution in [0.5, 0.6) is 0 Å². The average molecular weight is 458 g/mol. The van der Waals surface area contributed by atoms with E-state index in [1.807, 2.05) is 6.07 Å². The van der Waals surface area contributed by atoms with Crippen LogP contribution in [0.4, 0.5) is 23.2 Å². The fourth-order valence-corrected chi connectivity index (χ4v) is 4.24. The molecule has 6 nitrogen and oxygen atoms in total. The fraction of sp³-hybridized carbons (Fsp3) is 0.304. The predicted molar refractivity (Wildman–Crippen MR) is 111 cm³/mol. The zero-order valence-electron chi connectivity index (χ0n) is 17.2. The van der Waals surface area contributed by atoms with E-state index in [4.69, 9.17) is 5.26 Å². The van der Waals surface area contributed by atoms with Gasteiger partial charge < -0.3 is 10.2 Å². The second kappa shape index (κ2) is 8.31. The first-order valence-electron chi connectivity index (χ1n) is 10.2. The molecule has 2 aromatic carbocycles. The molecule has 1 aliphatic heterocycles. The number of alkyl halides is 3. The molecule has 1 aliphatic carbocycles. The van der Waals surface area contributed by atoms with E-state index in [1.54, 1.807) is 24.3 Å². The quantitative estimate of drug-likeness (QED) is 0.695. The van der Waals surface area contributed by atoms with Crippen molar-refractivity contribution in [2.75, 3.05) is 11.9 Å². The lowest BCUT2D eigenvalue weighted by Gasteiger charge is -2.32. The molecule has 4 rings (SSSR count). The summed E-state index contributed by atoms with van der Waals surface area (Å²) in [6.45, 7) is -0.444. The Balaban J connectivity index is 1.56. The zero-order chi connectivity index (χ0) is 23.8. The van der Waals surface area contributed by atoms with Crippen LogP contribution in [-0.2, 0) is 15.8 Å². The maximum absolute atomic E-state index is 13.7. The smallest absolute Gasteiger partial charge is 0.324 e. The van der Waals surface area contributed by atoms with Gasteiger partial charge in [0.15, 0.2) is 0 Å². The molecule has 1 spiro atoms. The summed E-state index contributed by atoms with van der Waals surface area (Å²) in [5.41, 5.74) is -1.39. The summed E-state index contributed by atoms with van der Waals surface area (Å²) in [5.74, 6) is -2.38. The Morgan fingerprint density at radius 3 is 2.42 bits per heavy atom. The van der Waals surface area contributed by atoms with Crippen molar-refractivity contribution in [3.8, 4) is 6.07 Å². The van der Waals surface area contributed by atoms with Gasteiger partial charge in [0.1, 0.15) is 23.7 Å². The van der Waals surface area contributed by atoms with Crippen LogP contribution in [0.3, 0.4) is 0 Å². The highest BCUT2D eigenvalue weighted by atomic mass is 19.4. The van der Waals surface area contributed by atoms with Crippen LogP contribution in [0.1, 0.15) is 42.4 Å². The fourth-order valence-electron chi connectivity index (χ4n) is 4.24. The van der Waals surface area contributed by atoms with Gasteiger partial charge in [0.2, 0.25) is 5.91 Å². The van der Waals surface area contributed by atoms with Crippen LogP contribution in [-0.4, -0.2) is 34.6 Å². The molecule has 2 amide bonds. The maximum Gasteiger partial charge on any atom is 0.416 e. The van der Waals surface area contributed by atoms with Gasteiger partial charge in [0.05, 0.1) is 17.2 Å². The number of hydrogen-bond donors (Lipinski definition) is 1. The van der Waals surface area contributed by atoms with E-state index in [0.717, 1.165) is 18.9 Å². The van der Waals surface area contributed by atoms with E-state index in [-0.39, 0.29) is 11.4 Å². The van der Waals surface area contributed by atoms with Crippen molar-refractivity contribution in [2.45, 2.75) is 37.5 Å². The lowest BCUT2D eigenvalue weighted by molar-refractivity contribution is -0.137. The number of nitriles is 1. The highest BCUT2D eigenvalue weighted by Gasteiger charge is 2.49. The predicted octanol–water partition coefficient (Wildman–Crippen LogP) is 4.26. The molecule has 1 fully saturated rings. The van der Waals surface area contributed by atoms with E-state index in [9.17, 15) is 27.2 Å². The van der Waals surface area contributed by atoms with E-state index >= 15 is 0 Å². The minimum absolute atomic E-state index is 0.166. The highest BCUT2D eigenvalue weighted by molar-refractivity contribution is 6.47. The Morgan fingerprint density at radius 2 is 1.82 bits per heavy atom. The number of nitrogens with zero attached hydrogens (tertiary/aromatic N) is 3. The molecule has 2 aromatic rings. The molecular formula is C23H18F4N4O2. The Hall–Kier alpha value is -3.74. The Labute approximate surface area is 186 Å². The molecule has 0 unspecified atom stereocenters. The number of aliphatic imine (C=N–C) groups is 1. The van der Waals surface area contributed by atoms with Gasteiger partial charge in [-0.25, -0.2) is 4.39 Å². The van der Waals surface area contributed by atoms with Gasteiger partial charge in [-0.1, -0.05) is 12.1 Å². The molecule has 0 saturated heterocycles. The van der Waals surface area contributed by atoms with E-state index < -0.39 is 41.6 Å². The lowest BCUT2D eigenvalue weighted by atomic mass is 10.1. The van der Waals surface area contributed by atoms with E-state index in [2.05, 4.69) is 10.3 Å². The molecule has 2 aliphatic rings. The van der Waals surface area contributed by atoms with Crippen LogP contribution in [0.25, 0.3) is 0 Å². The summed E-state index contributed by atoms with van der Waals surface area (Å²) >= 11 is 0. The number of carbonyl (C=O) groups is 2. The van der Waals surface area contributed by atoms with Gasteiger partial charge in [-0.3, -0.25) is 14.6 Å². The van der Waals surface area contributed by atoms with Gasteiger partial charge >= 0.3 is 6.18 Å². The van der Waals surface area contributed by atoms with E-state index in [0.29, 0.717) is 36.1 Å². The van der Waals surface area contributed by atoms with Crippen LogP contribution in [0.2, 0.25) is 0 Å². The summed E-state index contributed by atoms with van der Waals surface area (Å²) < 4.78 is 52.5. The van der Waals surface area contributed by atoms with Crippen LogP contribution < -0.4 is 5.32 Å². The molecule has 0 atom stereocenters.